The molecule has 0 amide bonds. The van der Waals surface area contributed by atoms with Crippen LogP contribution in [0.25, 0.3) is 0 Å². The smallest absolute Gasteiger partial charge is 0.0596 e. The molecule has 0 fully saturated rings. The largest absolute Gasteiger partial charge is 0.310 e. The zero-order valence-electron chi connectivity index (χ0n) is 13.9. The van der Waals surface area contributed by atoms with Crippen molar-refractivity contribution in [2.24, 2.45) is 7.05 Å². The molecule has 1 N–H and O–H groups in total. The second kappa shape index (κ2) is 6.90. The highest BCUT2D eigenvalue weighted by Gasteiger charge is 2.16. The van der Waals surface area contributed by atoms with E-state index in [0.29, 0.717) is 6.04 Å². The molecule has 3 heteroatoms. The van der Waals surface area contributed by atoms with Gasteiger partial charge in [0.05, 0.1) is 5.69 Å². The number of nitrogens with zero attached hydrogens (tertiary/aromatic N) is 2. The lowest BCUT2D eigenvalue weighted by molar-refractivity contribution is 0.510. The normalized spacial score (nSPS) is 12.6. The summed E-state index contributed by atoms with van der Waals surface area (Å²) in [6.45, 7) is 9.65. The van der Waals surface area contributed by atoms with Crippen molar-refractivity contribution in [3.63, 3.8) is 0 Å². The standard InChI is InChI=1S/C18H27N3/c1-6-9-19-18(12-16-11-15(4)20-21(16)5)17-8-7-13(2)10-14(17)3/h7-8,10-11,18-19H,6,9,12H2,1-5H3. The molecule has 114 valence electrons. The van der Waals surface area contributed by atoms with Crippen LogP contribution in [-0.2, 0) is 13.5 Å². The minimum absolute atomic E-state index is 0.348. The molecule has 2 aromatic rings. The predicted molar refractivity (Wildman–Crippen MR) is 88.6 cm³/mol. The number of rotatable bonds is 6. The Hall–Kier alpha value is -1.61. The summed E-state index contributed by atoms with van der Waals surface area (Å²) >= 11 is 0. The van der Waals surface area contributed by atoms with Gasteiger partial charge in [0.25, 0.3) is 0 Å². The molecule has 1 aromatic carbocycles. The summed E-state index contributed by atoms with van der Waals surface area (Å²) in [6, 6.07) is 9.27. The van der Waals surface area contributed by atoms with E-state index in [2.05, 4.69) is 62.4 Å². The maximum atomic E-state index is 4.46. The maximum Gasteiger partial charge on any atom is 0.0596 e. The van der Waals surface area contributed by atoms with Crippen molar-refractivity contribution in [3.05, 3.63) is 52.3 Å². The van der Waals surface area contributed by atoms with Crippen molar-refractivity contribution in [1.82, 2.24) is 15.1 Å². The number of hydrogen-bond acceptors (Lipinski definition) is 2. The zero-order chi connectivity index (χ0) is 15.4. The van der Waals surface area contributed by atoms with Crippen LogP contribution in [0.3, 0.4) is 0 Å². The first-order valence-corrected chi connectivity index (χ1v) is 7.81. The summed E-state index contributed by atoms with van der Waals surface area (Å²) in [5, 5.41) is 8.15. The molecular weight excluding hydrogens is 258 g/mol. The lowest BCUT2D eigenvalue weighted by Gasteiger charge is -2.21. The van der Waals surface area contributed by atoms with Crippen LogP contribution in [0.2, 0.25) is 0 Å². The fraction of sp³-hybridized carbons (Fsp3) is 0.500. The fourth-order valence-electron chi connectivity index (χ4n) is 2.89. The molecule has 0 aliphatic heterocycles. The van der Waals surface area contributed by atoms with Gasteiger partial charge in [-0.25, -0.2) is 0 Å². The molecule has 0 saturated carbocycles. The van der Waals surface area contributed by atoms with E-state index in [4.69, 9.17) is 0 Å². The van der Waals surface area contributed by atoms with Crippen molar-refractivity contribution < 1.29 is 0 Å². The molecule has 1 atom stereocenters. The van der Waals surface area contributed by atoms with Gasteiger partial charge in [0.2, 0.25) is 0 Å². The summed E-state index contributed by atoms with van der Waals surface area (Å²) in [7, 11) is 2.03. The van der Waals surface area contributed by atoms with Crippen molar-refractivity contribution in [1.29, 1.82) is 0 Å². The molecule has 0 radical (unpaired) electrons. The first kappa shape index (κ1) is 15.8. The summed E-state index contributed by atoms with van der Waals surface area (Å²) in [5.41, 5.74) is 6.45. The molecule has 21 heavy (non-hydrogen) atoms. The van der Waals surface area contributed by atoms with Gasteiger partial charge in [-0.2, -0.15) is 5.10 Å². The number of benzene rings is 1. The van der Waals surface area contributed by atoms with Crippen LogP contribution in [0.1, 0.15) is 47.5 Å². The minimum Gasteiger partial charge on any atom is -0.310 e. The Labute approximate surface area is 128 Å². The van der Waals surface area contributed by atoms with Gasteiger partial charge in [-0.05, 0) is 50.9 Å². The van der Waals surface area contributed by atoms with Crippen LogP contribution in [0.5, 0.6) is 0 Å². The number of aromatic nitrogens is 2. The van der Waals surface area contributed by atoms with E-state index in [0.717, 1.165) is 25.1 Å². The van der Waals surface area contributed by atoms with E-state index in [1.165, 1.54) is 22.4 Å². The fourth-order valence-corrected chi connectivity index (χ4v) is 2.89. The molecule has 1 aromatic heterocycles. The van der Waals surface area contributed by atoms with Crippen molar-refractivity contribution in [3.8, 4) is 0 Å². The van der Waals surface area contributed by atoms with Gasteiger partial charge < -0.3 is 5.32 Å². The van der Waals surface area contributed by atoms with Gasteiger partial charge in [-0.1, -0.05) is 30.7 Å². The average molecular weight is 285 g/mol. The van der Waals surface area contributed by atoms with Gasteiger partial charge in [0.1, 0.15) is 0 Å². The quantitative estimate of drug-likeness (QED) is 0.878. The van der Waals surface area contributed by atoms with Crippen molar-refractivity contribution in [2.45, 2.75) is 46.6 Å². The molecule has 0 aliphatic carbocycles. The number of hydrogen-bond donors (Lipinski definition) is 1. The lowest BCUT2D eigenvalue weighted by atomic mass is 9.95. The highest BCUT2D eigenvalue weighted by molar-refractivity contribution is 5.33. The zero-order valence-corrected chi connectivity index (χ0v) is 13.9. The number of nitrogens with one attached hydrogen (secondary N) is 1. The summed E-state index contributed by atoms with van der Waals surface area (Å²) in [5.74, 6) is 0. The Balaban J connectivity index is 2.27. The molecular formula is C18H27N3. The van der Waals surface area contributed by atoms with Gasteiger partial charge in [-0.3, -0.25) is 4.68 Å². The molecule has 1 unspecified atom stereocenters. The first-order valence-electron chi connectivity index (χ1n) is 7.81. The van der Waals surface area contributed by atoms with Crippen LogP contribution in [-0.4, -0.2) is 16.3 Å². The SMILES string of the molecule is CCCNC(Cc1cc(C)nn1C)c1ccc(C)cc1C. The molecule has 2 rings (SSSR count). The van der Waals surface area contributed by atoms with Crippen LogP contribution in [0.4, 0.5) is 0 Å². The first-order chi connectivity index (χ1) is 10.0. The molecule has 0 bridgehead atoms. The third kappa shape index (κ3) is 3.94. The predicted octanol–water partition coefficient (Wildman–Crippen LogP) is 3.63. The molecule has 0 aliphatic rings. The lowest BCUT2D eigenvalue weighted by Crippen LogP contribution is -2.25. The van der Waals surface area contributed by atoms with Crippen LogP contribution in [0.15, 0.2) is 24.3 Å². The average Bonchev–Trinajstić information content (AvgIpc) is 2.73. The van der Waals surface area contributed by atoms with E-state index in [1.54, 1.807) is 0 Å². The third-order valence-corrected chi connectivity index (χ3v) is 3.95. The Kier molecular flexibility index (Phi) is 5.18. The molecule has 0 saturated heterocycles. The van der Waals surface area contributed by atoms with Gasteiger partial charge in [-0.15, -0.1) is 0 Å². The highest BCUT2D eigenvalue weighted by atomic mass is 15.3. The molecule has 3 nitrogen and oxygen atoms in total. The van der Waals surface area contributed by atoms with Crippen LogP contribution < -0.4 is 5.32 Å². The van der Waals surface area contributed by atoms with E-state index in [9.17, 15) is 0 Å². The monoisotopic (exact) mass is 285 g/mol. The molecule has 1 heterocycles. The van der Waals surface area contributed by atoms with Crippen LogP contribution >= 0.6 is 0 Å². The Morgan fingerprint density at radius 2 is 1.95 bits per heavy atom. The summed E-state index contributed by atoms with van der Waals surface area (Å²) < 4.78 is 2.00. The van der Waals surface area contributed by atoms with E-state index in [1.807, 2.05) is 11.7 Å². The van der Waals surface area contributed by atoms with Gasteiger partial charge >= 0.3 is 0 Å². The number of aryl methyl sites for hydroxylation is 4. The van der Waals surface area contributed by atoms with E-state index in [-0.39, 0.29) is 0 Å². The van der Waals surface area contributed by atoms with Crippen LogP contribution in [0, 0.1) is 20.8 Å². The maximum absolute atomic E-state index is 4.46. The minimum atomic E-state index is 0.348. The topological polar surface area (TPSA) is 29.9 Å². The van der Waals surface area contributed by atoms with E-state index < -0.39 is 0 Å². The second-order valence-electron chi connectivity index (χ2n) is 5.97. The summed E-state index contributed by atoms with van der Waals surface area (Å²) in [4.78, 5) is 0. The summed E-state index contributed by atoms with van der Waals surface area (Å²) in [6.07, 6.45) is 2.12. The third-order valence-electron chi connectivity index (χ3n) is 3.95. The Bertz CT molecular complexity index is 599. The van der Waals surface area contributed by atoms with Gasteiger partial charge in [0.15, 0.2) is 0 Å². The highest BCUT2D eigenvalue weighted by Crippen LogP contribution is 2.23. The second-order valence-corrected chi connectivity index (χ2v) is 5.97. The van der Waals surface area contributed by atoms with Crippen molar-refractivity contribution in [2.75, 3.05) is 6.54 Å². The van der Waals surface area contributed by atoms with Gasteiger partial charge in [0, 0.05) is 25.2 Å². The van der Waals surface area contributed by atoms with Crippen molar-refractivity contribution >= 4 is 0 Å². The Morgan fingerprint density at radius 1 is 1.19 bits per heavy atom. The van der Waals surface area contributed by atoms with E-state index >= 15 is 0 Å². The molecule has 0 spiro atoms. The Morgan fingerprint density at radius 3 is 2.52 bits per heavy atom.